The van der Waals surface area contributed by atoms with Crippen LogP contribution in [0.25, 0.3) is 0 Å². The fourth-order valence-electron chi connectivity index (χ4n) is 1.01. The van der Waals surface area contributed by atoms with E-state index < -0.39 is 34.6 Å². The fraction of sp³-hybridized carbons (Fsp3) is 0. The molecule has 0 amide bonds. The van der Waals surface area contributed by atoms with Gasteiger partial charge in [0, 0.05) is 0 Å². The summed E-state index contributed by atoms with van der Waals surface area (Å²) in [6, 6.07) is 1.82. The van der Waals surface area contributed by atoms with Gasteiger partial charge in [-0.25, -0.2) is 9.59 Å². The van der Waals surface area contributed by atoms with Crippen molar-refractivity contribution in [1.29, 1.82) is 0 Å². The van der Waals surface area contributed by atoms with Crippen LogP contribution in [0.15, 0.2) is 12.1 Å². The van der Waals surface area contributed by atoms with E-state index in [1.165, 1.54) is 0 Å². The second-order valence-electron chi connectivity index (χ2n) is 2.46. The van der Waals surface area contributed by atoms with Crippen molar-refractivity contribution < 1.29 is 30.0 Å². The van der Waals surface area contributed by atoms with E-state index in [2.05, 4.69) is 0 Å². The number of benzene rings is 1. The van der Waals surface area contributed by atoms with E-state index in [1.54, 1.807) is 0 Å². The molecule has 0 fully saturated rings. The highest BCUT2D eigenvalue weighted by Crippen LogP contribution is 2.28. The Morgan fingerprint density at radius 2 is 1.14 bits per heavy atom. The Kier molecular flexibility index (Phi) is 2.29. The first-order chi connectivity index (χ1) is 6.45. The van der Waals surface area contributed by atoms with E-state index in [9.17, 15) is 9.59 Å². The molecule has 6 nitrogen and oxygen atoms in total. The maximum absolute atomic E-state index is 10.6. The molecule has 0 bridgehead atoms. The molecule has 0 saturated heterocycles. The van der Waals surface area contributed by atoms with Crippen molar-refractivity contribution in [2.45, 2.75) is 0 Å². The van der Waals surface area contributed by atoms with Gasteiger partial charge in [0.2, 0.25) is 0 Å². The molecular formula is C8H6O6. The van der Waals surface area contributed by atoms with Crippen molar-refractivity contribution in [2.75, 3.05) is 0 Å². The van der Waals surface area contributed by atoms with E-state index >= 15 is 0 Å². The van der Waals surface area contributed by atoms with Crippen LogP contribution in [0.1, 0.15) is 20.7 Å². The maximum Gasteiger partial charge on any atom is 0.340 e. The molecule has 0 atom stereocenters. The SMILES string of the molecule is O=C(O)c1c(O)ccc(O)c1C(=O)O. The lowest BCUT2D eigenvalue weighted by Crippen LogP contribution is -2.08. The Labute approximate surface area is 77.7 Å². The van der Waals surface area contributed by atoms with Gasteiger partial charge in [0.05, 0.1) is 0 Å². The summed E-state index contributed by atoms with van der Waals surface area (Å²) in [6.45, 7) is 0. The first-order valence-corrected chi connectivity index (χ1v) is 3.46. The van der Waals surface area contributed by atoms with Gasteiger partial charge in [-0.3, -0.25) is 0 Å². The molecule has 14 heavy (non-hydrogen) atoms. The molecule has 0 saturated carbocycles. The topological polar surface area (TPSA) is 115 Å². The number of aromatic carboxylic acids is 2. The average Bonchev–Trinajstić information content (AvgIpc) is 2.07. The van der Waals surface area contributed by atoms with Gasteiger partial charge in [0.25, 0.3) is 0 Å². The van der Waals surface area contributed by atoms with Crippen molar-refractivity contribution >= 4 is 11.9 Å². The van der Waals surface area contributed by atoms with Gasteiger partial charge >= 0.3 is 11.9 Å². The molecular weight excluding hydrogens is 192 g/mol. The van der Waals surface area contributed by atoms with E-state index in [0.29, 0.717) is 0 Å². The highest BCUT2D eigenvalue weighted by atomic mass is 16.4. The zero-order valence-electron chi connectivity index (χ0n) is 6.76. The van der Waals surface area contributed by atoms with Crippen LogP contribution < -0.4 is 0 Å². The molecule has 0 aromatic heterocycles. The van der Waals surface area contributed by atoms with Gasteiger partial charge in [-0.1, -0.05) is 0 Å². The Balaban J connectivity index is 3.58. The summed E-state index contributed by atoms with van der Waals surface area (Å²) in [5.74, 6) is -4.63. The molecule has 0 aliphatic heterocycles. The molecule has 0 spiro atoms. The summed E-state index contributed by atoms with van der Waals surface area (Å²) in [5, 5.41) is 35.3. The number of rotatable bonds is 2. The van der Waals surface area contributed by atoms with Gasteiger partial charge in [-0.2, -0.15) is 0 Å². The smallest absolute Gasteiger partial charge is 0.340 e. The zero-order valence-corrected chi connectivity index (χ0v) is 6.76. The molecule has 1 aromatic carbocycles. The quantitative estimate of drug-likeness (QED) is 0.514. The summed E-state index contributed by atoms with van der Waals surface area (Å²) in [4.78, 5) is 21.1. The molecule has 0 aliphatic carbocycles. The van der Waals surface area contributed by atoms with Gasteiger partial charge in [0.15, 0.2) is 0 Å². The van der Waals surface area contributed by atoms with Gasteiger partial charge in [-0.05, 0) is 12.1 Å². The largest absolute Gasteiger partial charge is 0.507 e. The second kappa shape index (κ2) is 3.25. The first-order valence-electron chi connectivity index (χ1n) is 3.46. The first kappa shape index (κ1) is 9.85. The fourth-order valence-corrected chi connectivity index (χ4v) is 1.01. The Bertz CT molecular complexity index is 370. The number of hydrogen-bond donors (Lipinski definition) is 4. The summed E-state index contributed by atoms with van der Waals surface area (Å²) >= 11 is 0. The number of phenols is 2. The third-order valence-electron chi connectivity index (χ3n) is 1.59. The Morgan fingerprint density at radius 3 is 1.36 bits per heavy atom. The molecule has 6 heteroatoms. The third kappa shape index (κ3) is 1.45. The lowest BCUT2D eigenvalue weighted by Gasteiger charge is -2.05. The highest BCUT2D eigenvalue weighted by Gasteiger charge is 2.23. The predicted molar refractivity (Wildman–Crippen MR) is 43.7 cm³/mol. The molecule has 0 radical (unpaired) electrons. The molecule has 4 N–H and O–H groups in total. The number of hydrogen-bond acceptors (Lipinski definition) is 4. The van der Waals surface area contributed by atoms with E-state index in [1.807, 2.05) is 0 Å². The maximum atomic E-state index is 10.6. The Morgan fingerprint density at radius 1 is 0.857 bits per heavy atom. The lowest BCUT2D eigenvalue weighted by molar-refractivity contribution is 0.0645. The van der Waals surface area contributed by atoms with Gasteiger partial charge < -0.3 is 20.4 Å². The summed E-state index contributed by atoms with van der Waals surface area (Å²) in [6.07, 6.45) is 0. The van der Waals surface area contributed by atoms with E-state index in [4.69, 9.17) is 20.4 Å². The normalized spacial score (nSPS) is 9.71. The average molecular weight is 198 g/mol. The van der Waals surface area contributed by atoms with E-state index in [0.717, 1.165) is 12.1 Å². The van der Waals surface area contributed by atoms with Crippen molar-refractivity contribution in [3.63, 3.8) is 0 Å². The van der Waals surface area contributed by atoms with Gasteiger partial charge in [0.1, 0.15) is 22.6 Å². The van der Waals surface area contributed by atoms with Crippen LogP contribution in [0.5, 0.6) is 11.5 Å². The third-order valence-corrected chi connectivity index (χ3v) is 1.59. The number of carbonyl (C=O) groups is 2. The Hall–Kier alpha value is -2.24. The number of carboxylic acid groups (broad SMARTS) is 2. The lowest BCUT2D eigenvalue weighted by atomic mass is 10.1. The standard InChI is InChI=1S/C8H6O6/c9-3-1-2-4(10)6(8(13)14)5(3)7(11)12/h1-2,9-10H,(H,11,12)(H,13,14). The molecule has 0 aliphatic rings. The van der Waals surface area contributed by atoms with Gasteiger partial charge in [-0.15, -0.1) is 0 Å². The predicted octanol–water partition coefficient (Wildman–Crippen LogP) is 0.494. The monoisotopic (exact) mass is 198 g/mol. The summed E-state index contributed by atoms with van der Waals surface area (Å²) in [5.41, 5.74) is -1.64. The minimum atomic E-state index is -1.62. The highest BCUT2D eigenvalue weighted by molar-refractivity contribution is 6.05. The molecule has 0 heterocycles. The minimum absolute atomic E-state index is 0.701. The van der Waals surface area contributed by atoms with Crippen molar-refractivity contribution in [1.82, 2.24) is 0 Å². The summed E-state index contributed by atoms with van der Waals surface area (Å²) < 4.78 is 0. The van der Waals surface area contributed by atoms with Crippen LogP contribution >= 0.6 is 0 Å². The molecule has 1 rings (SSSR count). The second-order valence-corrected chi connectivity index (χ2v) is 2.46. The van der Waals surface area contributed by atoms with Crippen LogP contribution in [0.4, 0.5) is 0 Å². The zero-order chi connectivity index (χ0) is 10.9. The van der Waals surface area contributed by atoms with Crippen LogP contribution in [0.2, 0.25) is 0 Å². The molecule has 74 valence electrons. The van der Waals surface area contributed by atoms with Crippen LogP contribution in [-0.4, -0.2) is 32.4 Å². The van der Waals surface area contributed by atoms with Crippen molar-refractivity contribution in [2.24, 2.45) is 0 Å². The van der Waals surface area contributed by atoms with Crippen molar-refractivity contribution in [3.8, 4) is 11.5 Å². The number of aromatic hydroxyl groups is 2. The molecule has 0 unspecified atom stereocenters. The molecule has 1 aromatic rings. The summed E-state index contributed by atoms with van der Waals surface area (Å²) in [7, 11) is 0. The number of carboxylic acids is 2. The van der Waals surface area contributed by atoms with Crippen LogP contribution in [0, 0.1) is 0 Å². The minimum Gasteiger partial charge on any atom is -0.507 e. The van der Waals surface area contributed by atoms with Crippen LogP contribution in [-0.2, 0) is 0 Å². The van der Waals surface area contributed by atoms with E-state index in [-0.39, 0.29) is 0 Å². The van der Waals surface area contributed by atoms with Crippen LogP contribution in [0.3, 0.4) is 0 Å². The van der Waals surface area contributed by atoms with Crippen molar-refractivity contribution in [3.05, 3.63) is 23.3 Å².